The van der Waals surface area contributed by atoms with Crippen LogP contribution in [0.15, 0.2) is 89.9 Å². The number of anilines is 1. The predicted octanol–water partition coefficient (Wildman–Crippen LogP) is 5.26. The zero-order chi connectivity index (χ0) is 19.8. The molecule has 0 aromatic heterocycles. The van der Waals surface area contributed by atoms with Crippen LogP contribution in [0.3, 0.4) is 0 Å². The average molecular weight is 371 g/mol. The quantitative estimate of drug-likeness (QED) is 0.364. The predicted molar refractivity (Wildman–Crippen MR) is 111 cm³/mol. The minimum Gasteiger partial charge on any atom is -0.322 e. The maximum Gasteiger partial charge on any atom is 0.270 e. The number of benzene rings is 3. The highest BCUT2D eigenvalue weighted by Crippen LogP contribution is 2.19. The van der Waals surface area contributed by atoms with Crippen LogP contribution >= 0.6 is 0 Å². The van der Waals surface area contributed by atoms with E-state index in [2.05, 4.69) is 10.3 Å². The third-order valence-electron chi connectivity index (χ3n) is 3.82. The van der Waals surface area contributed by atoms with Gasteiger partial charge in [-0.05, 0) is 42.0 Å². The highest BCUT2D eigenvalue weighted by atomic mass is 16.6. The molecular weight excluding hydrogens is 354 g/mol. The Morgan fingerprint density at radius 1 is 0.964 bits per heavy atom. The Labute approximate surface area is 162 Å². The highest BCUT2D eigenvalue weighted by molar-refractivity contribution is 6.04. The van der Waals surface area contributed by atoms with Crippen molar-refractivity contribution < 1.29 is 9.72 Å². The number of nitro benzene ring substituents is 1. The number of carbonyl (C=O) groups excluding carboxylic acids is 1. The number of nitro groups is 1. The van der Waals surface area contributed by atoms with Gasteiger partial charge in [0.15, 0.2) is 0 Å². The summed E-state index contributed by atoms with van der Waals surface area (Å²) in [7, 11) is 0. The molecule has 0 radical (unpaired) electrons. The van der Waals surface area contributed by atoms with Crippen LogP contribution in [-0.2, 0) is 0 Å². The number of hydrogen-bond acceptors (Lipinski definition) is 4. The number of amides is 1. The zero-order valence-corrected chi connectivity index (χ0v) is 14.9. The first-order valence-electron chi connectivity index (χ1n) is 8.53. The van der Waals surface area contributed by atoms with E-state index in [-0.39, 0.29) is 11.6 Å². The van der Waals surface area contributed by atoms with Gasteiger partial charge < -0.3 is 5.32 Å². The van der Waals surface area contributed by atoms with Crippen molar-refractivity contribution in [3.05, 3.63) is 106 Å². The van der Waals surface area contributed by atoms with Gasteiger partial charge in [-0.2, -0.15) is 0 Å². The van der Waals surface area contributed by atoms with Crippen LogP contribution in [0.25, 0.3) is 6.08 Å². The van der Waals surface area contributed by atoms with Crippen LogP contribution in [0.2, 0.25) is 0 Å². The normalized spacial score (nSPS) is 11.0. The van der Waals surface area contributed by atoms with Gasteiger partial charge >= 0.3 is 0 Å². The molecule has 0 aliphatic rings. The van der Waals surface area contributed by atoms with Gasteiger partial charge in [-0.15, -0.1) is 0 Å². The van der Waals surface area contributed by atoms with E-state index < -0.39 is 4.92 Å². The first-order valence-corrected chi connectivity index (χ1v) is 8.53. The number of allylic oxidation sites excluding steroid dienone is 1. The van der Waals surface area contributed by atoms with E-state index in [1.54, 1.807) is 60.8 Å². The summed E-state index contributed by atoms with van der Waals surface area (Å²) in [4.78, 5) is 26.9. The monoisotopic (exact) mass is 371 g/mol. The van der Waals surface area contributed by atoms with Crippen molar-refractivity contribution in [2.45, 2.75) is 0 Å². The van der Waals surface area contributed by atoms with Crippen LogP contribution in [0.4, 0.5) is 17.1 Å². The first-order chi connectivity index (χ1) is 13.6. The lowest BCUT2D eigenvalue weighted by molar-refractivity contribution is -0.384. The topological polar surface area (TPSA) is 84.6 Å². The molecule has 0 saturated heterocycles. The van der Waals surface area contributed by atoms with Crippen LogP contribution in [0.1, 0.15) is 15.9 Å². The Hall–Kier alpha value is -4.06. The molecule has 0 heterocycles. The van der Waals surface area contributed by atoms with Crippen molar-refractivity contribution in [2.75, 3.05) is 5.32 Å². The summed E-state index contributed by atoms with van der Waals surface area (Å²) in [6.45, 7) is 0. The van der Waals surface area contributed by atoms with E-state index in [1.165, 1.54) is 12.1 Å². The average Bonchev–Trinajstić information content (AvgIpc) is 2.72. The molecule has 0 saturated carbocycles. The lowest BCUT2D eigenvalue weighted by Crippen LogP contribution is -2.11. The van der Waals surface area contributed by atoms with Crippen molar-refractivity contribution in [3.63, 3.8) is 0 Å². The highest BCUT2D eigenvalue weighted by Gasteiger charge is 2.05. The SMILES string of the molecule is O=C(Nc1cccc(N=C/C=C/c2cccc([N+](=O)[O-])c2)c1)c1ccccc1. The van der Waals surface area contributed by atoms with Gasteiger partial charge in [-0.1, -0.05) is 42.5 Å². The fraction of sp³-hybridized carbons (Fsp3) is 0. The summed E-state index contributed by atoms with van der Waals surface area (Å²) in [6, 6.07) is 22.5. The third-order valence-corrected chi connectivity index (χ3v) is 3.82. The van der Waals surface area contributed by atoms with Crippen molar-refractivity contribution in [3.8, 4) is 0 Å². The fourth-order valence-electron chi connectivity index (χ4n) is 2.48. The zero-order valence-electron chi connectivity index (χ0n) is 14.9. The Bertz CT molecular complexity index is 1040. The van der Waals surface area contributed by atoms with E-state index in [0.717, 1.165) is 0 Å². The summed E-state index contributed by atoms with van der Waals surface area (Å²) in [5.41, 5.74) is 2.66. The third kappa shape index (κ3) is 5.22. The molecule has 138 valence electrons. The summed E-state index contributed by atoms with van der Waals surface area (Å²) in [6.07, 6.45) is 5.03. The number of hydrogen-bond donors (Lipinski definition) is 1. The molecule has 3 aromatic rings. The second-order valence-corrected chi connectivity index (χ2v) is 5.86. The molecule has 1 amide bonds. The van der Waals surface area contributed by atoms with Crippen molar-refractivity contribution >= 4 is 35.3 Å². The molecular formula is C22H17N3O3. The largest absolute Gasteiger partial charge is 0.322 e. The smallest absolute Gasteiger partial charge is 0.270 e. The Morgan fingerprint density at radius 3 is 2.54 bits per heavy atom. The molecule has 1 N–H and O–H groups in total. The first kappa shape index (κ1) is 18.7. The van der Waals surface area contributed by atoms with Gasteiger partial charge in [0.05, 0.1) is 10.6 Å². The van der Waals surface area contributed by atoms with Crippen LogP contribution in [-0.4, -0.2) is 17.0 Å². The lowest BCUT2D eigenvalue weighted by Gasteiger charge is -2.05. The molecule has 3 rings (SSSR count). The fourth-order valence-corrected chi connectivity index (χ4v) is 2.48. The molecule has 0 aliphatic carbocycles. The van der Waals surface area contributed by atoms with Crippen LogP contribution in [0.5, 0.6) is 0 Å². The molecule has 0 atom stereocenters. The number of non-ortho nitro benzene ring substituents is 1. The number of rotatable bonds is 6. The Balaban J connectivity index is 1.65. The Kier molecular flexibility index (Phi) is 6.05. The minimum absolute atomic E-state index is 0.0425. The van der Waals surface area contributed by atoms with Crippen molar-refractivity contribution in [1.82, 2.24) is 0 Å². The van der Waals surface area contributed by atoms with E-state index in [1.807, 2.05) is 24.3 Å². The van der Waals surface area contributed by atoms with Gasteiger partial charge in [-0.25, -0.2) is 0 Å². The molecule has 28 heavy (non-hydrogen) atoms. The molecule has 0 fully saturated rings. The van der Waals surface area contributed by atoms with Crippen LogP contribution < -0.4 is 5.32 Å². The van der Waals surface area contributed by atoms with Gasteiger partial charge in [0.1, 0.15) is 0 Å². The Morgan fingerprint density at radius 2 is 1.75 bits per heavy atom. The van der Waals surface area contributed by atoms with Gasteiger partial charge in [-0.3, -0.25) is 19.9 Å². The summed E-state index contributed by atoms with van der Waals surface area (Å²) < 4.78 is 0. The summed E-state index contributed by atoms with van der Waals surface area (Å²) in [5, 5.41) is 13.6. The number of aliphatic imine (C=N–C) groups is 1. The molecule has 0 bridgehead atoms. The maximum atomic E-state index is 12.2. The molecule has 6 nitrogen and oxygen atoms in total. The van der Waals surface area contributed by atoms with E-state index in [0.29, 0.717) is 22.5 Å². The number of nitrogens with one attached hydrogen (secondary N) is 1. The molecule has 6 heteroatoms. The van der Waals surface area contributed by atoms with Gasteiger partial charge in [0.25, 0.3) is 11.6 Å². The second kappa shape index (κ2) is 9.05. The van der Waals surface area contributed by atoms with Gasteiger partial charge in [0.2, 0.25) is 0 Å². The van der Waals surface area contributed by atoms with Crippen LogP contribution in [0, 0.1) is 10.1 Å². The van der Waals surface area contributed by atoms with E-state index in [4.69, 9.17) is 0 Å². The lowest BCUT2D eigenvalue weighted by atomic mass is 10.2. The van der Waals surface area contributed by atoms with E-state index in [9.17, 15) is 14.9 Å². The molecule has 0 spiro atoms. The van der Waals surface area contributed by atoms with Gasteiger partial charge in [0, 0.05) is 29.6 Å². The molecule has 0 aliphatic heterocycles. The summed E-state index contributed by atoms with van der Waals surface area (Å²) in [5.74, 6) is -0.188. The molecule has 0 unspecified atom stereocenters. The van der Waals surface area contributed by atoms with Crippen molar-refractivity contribution in [2.24, 2.45) is 4.99 Å². The standard InChI is InChI=1S/C22H17N3O3/c26-22(18-9-2-1-3-10-18)24-20-12-5-11-19(16-20)23-14-6-8-17-7-4-13-21(15-17)25(27)28/h1-16H,(H,24,26)/b8-6+,23-14?. The molecule has 3 aromatic carbocycles. The van der Waals surface area contributed by atoms with E-state index >= 15 is 0 Å². The number of carbonyl (C=O) groups is 1. The minimum atomic E-state index is -0.430. The second-order valence-electron chi connectivity index (χ2n) is 5.86. The summed E-state index contributed by atoms with van der Waals surface area (Å²) >= 11 is 0. The van der Waals surface area contributed by atoms with Crippen molar-refractivity contribution in [1.29, 1.82) is 0 Å². The maximum absolute atomic E-state index is 12.2. The number of nitrogens with zero attached hydrogens (tertiary/aromatic N) is 2.